The molecule has 0 radical (unpaired) electrons. The summed E-state index contributed by atoms with van der Waals surface area (Å²) in [5.74, 6) is 1.41. The zero-order chi connectivity index (χ0) is 12.1. The highest BCUT2D eigenvalue weighted by atomic mass is 16.5. The minimum absolute atomic E-state index is 0.118. The Morgan fingerprint density at radius 3 is 2.65 bits per heavy atom. The predicted octanol–water partition coefficient (Wildman–Crippen LogP) is 1.73. The zero-order valence-corrected chi connectivity index (χ0v) is 10.6. The molecule has 1 aliphatic rings. The molecule has 0 amide bonds. The van der Waals surface area contributed by atoms with Crippen molar-refractivity contribution in [2.45, 2.75) is 51.5 Å². The lowest BCUT2D eigenvalue weighted by atomic mass is 10.2. The van der Waals surface area contributed by atoms with E-state index in [1.807, 2.05) is 0 Å². The first kappa shape index (κ1) is 12.4. The molecule has 0 spiro atoms. The van der Waals surface area contributed by atoms with Crippen molar-refractivity contribution in [2.24, 2.45) is 5.73 Å². The summed E-state index contributed by atoms with van der Waals surface area (Å²) in [7, 11) is 0. The highest BCUT2D eigenvalue weighted by Gasteiger charge is 2.16. The van der Waals surface area contributed by atoms with E-state index in [0.29, 0.717) is 12.3 Å². The molecule has 1 unspecified atom stereocenters. The van der Waals surface area contributed by atoms with Crippen LogP contribution in [0.3, 0.4) is 0 Å². The summed E-state index contributed by atoms with van der Waals surface area (Å²) in [6.45, 7) is 4.15. The molecule has 1 fully saturated rings. The lowest BCUT2D eigenvalue weighted by molar-refractivity contribution is 0.366. The third-order valence-electron chi connectivity index (χ3n) is 3.31. The van der Waals surface area contributed by atoms with Crippen molar-refractivity contribution >= 4 is 5.95 Å². The van der Waals surface area contributed by atoms with Crippen molar-refractivity contribution in [3.05, 3.63) is 5.89 Å². The number of aromatic nitrogens is 2. The van der Waals surface area contributed by atoms with Gasteiger partial charge < -0.3 is 15.2 Å². The van der Waals surface area contributed by atoms with Crippen molar-refractivity contribution < 1.29 is 4.52 Å². The third kappa shape index (κ3) is 3.43. The van der Waals surface area contributed by atoms with Gasteiger partial charge in [0.2, 0.25) is 5.89 Å². The van der Waals surface area contributed by atoms with Crippen LogP contribution in [0, 0.1) is 0 Å². The van der Waals surface area contributed by atoms with Gasteiger partial charge in [-0.3, -0.25) is 0 Å². The normalized spacial score (nSPS) is 19.1. The van der Waals surface area contributed by atoms with Crippen molar-refractivity contribution in [1.82, 2.24) is 10.1 Å². The Kier molecular flexibility index (Phi) is 4.36. The van der Waals surface area contributed by atoms with Crippen LogP contribution in [0.1, 0.15) is 44.9 Å². The van der Waals surface area contributed by atoms with E-state index in [1.165, 1.54) is 25.7 Å². The van der Waals surface area contributed by atoms with Gasteiger partial charge in [-0.25, -0.2) is 0 Å². The monoisotopic (exact) mass is 238 g/mol. The summed E-state index contributed by atoms with van der Waals surface area (Å²) >= 11 is 0. The average molecular weight is 238 g/mol. The van der Waals surface area contributed by atoms with Crippen LogP contribution in [0.4, 0.5) is 5.95 Å². The van der Waals surface area contributed by atoms with Crippen LogP contribution in [0.25, 0.3) is 0 Å². The van der Waals surface area contributed by atoms with E-state index in [2.05, 4.69) is 22.0 Å². The van der Waals surface area contributed by atoms with E-state index >= 15 is 0 Å². The Labute approximate surface area is 102 Å². The molecule has 2 rings (SSSR count). The van der Waals surface area contributed by atoms with E-state index in [4.69, 9.17) is 10.3 Å². The van der Waals surface area contributed by atoms with Crippen molar-refractivity contribution in [3.63, 3.8) is 0 Å². The largest absolute Gasteiger partial charge is 0.338 e. The maximum absolute atomic E-state index is 5.88. The molecule has 0 bridgehead atoms. The predicted molar refractivity (Wildman–Crippen MR) is 66.9 cm³/mol. The molecule has 1 aromatic heterocycles. The van der Waals surface area contributed by atoms with Gasteiger partial charge in [0.05, 0.1) is 0 Å². The second-order valence-electron chi connectivity index (χ2n) is 4.76. The van der Waals surface area contributed by atoms with Crippen LogP contribution in [0.5, 0.6) is 0 Å². The van der Waals surface area contributed by atoms with Crippen molar-refractivity contribution in [2.75, 3.05) is 18.0 Å². The van der Waals surface area contributed by atoms with Gasteiger partial charge in [0.1, 0.15) is 0 Å². The molecule has 5 nitrogen and oxygen atoms in total. The first-order chi connectivity index (χ1) is 8.29. The van der Waals surface area contributed by atoms with Crippen LogP contribution in [0.2, 0.25) is 0 Å². The quantitative estimate of drug-likeness (QED) is 0.865. The highest BCUT2D eigenvalue weighted by Crippen LogP contribution is 2.16. The summed E-state index contributed by atoms with van der Waals surface area (Å²) in [6.07, 6.45) is 6.67. The standard InChI is InChI=1S/C12H22N4O/c1-2-10(13)9-11-14-12(15-17-11)16-7-5-3-4-6-8-16/h10H,2-9,13H2,1H3. The van der Waals surface area contributed by atoms with E-state index < -0.39 is 0 Å². The number of hydrogen-bond donors (Lipinski definition) is 1. The van der Waals surface area contributed by atoms with E-state index in [-0.39, 0.29) is 6.04 Å². The smallest absolute Gasteiger partial charge is 0.266 e. The van der Waals surface area contributed by atoms with Crippen LogP contribution in [-0.4, -0.2) is 29.3 Å². The fourth-order valence-electron chi connectivity index (χ4n) is 2.10. The molecule has 1 aliphatic heterocycles. The summed E-state index contributed by atoms with van der Waals surface area (Å²) in [5, 5.41) is 4.05. The van der Waals surface area contributed by atoms with Gasteiger partial charge in [0, 0.05) is 25.6 Å². The van der Waals surface area contributed by atoms with Crippen molar-refractivity contribution in [1.29, 1.82) is 0 Å². The lowest BCUT2D eigenvalue weighted by Gasteiger charge is -2.16. The Morgan fingerprint density at radius 1 is 1.29 bits per heavy atom. The zero-order valence-electron chi connectivity index (χ0n) is 10.6. The Bertz CT molecular complexity index is 331. The van der Waals surface area contributed by atoms with E-state index in [9.17, 15) is 0 Å². The Hall–Kier alpha value is -1.10. The number of hydrogen-bond acceptors (Lipinski definition) is 5. The molecular formula is C12H22N4O. The average Bonchev–Trinajstić information content (AvgIpc) is 2.63. The van der Waals surface area contributed by atoms with Gasteiger partial charge in [0.15, 0.2) is 0 Å². The molecule has 2 N–H and O–H groups in total. The SMILES string of the molecule is CCC(N)Cc1nc(N2CCCCCC2)no1. The topological polar surface area (TPSA) is 68.2 Å². The molecule has 2 heterocycles. The number of rotatable bonds is 4. The van der Waals surface area contributed by atoms with Crippen LogP contribution in [-0.2, 0) is 6.42 Å². The van der Waals surface area contributed by atoms with Crippen LogP contribution < -0.4 is 10.6 Å². The maximum atomic E-state index is 5.88. The Morgan fingerprint density at radius 2 is 2.00 bits per heavy atom. The number of nitrogens with two attached hydrogens (primary N) is 1. The third-order valence-corrected chi connectivity index (χ3v) is 3.31. The summed E-state index contributed by atoms with van der Waals surface area (Å²) in [4.78, 5) is 6.65. The molecule has 17 heavy (non-hydrogen) atoms. The van der Waals surface area contributed by atoms with Gasteiger partial charge in [-0.05, 0) is 24.4 Å². The minimum Gasteiger partial charge on any atom is -0.338 e. The fraction of sp³-hybridized carbons (Fsp3) is 0.833. The second-order valence-corrected chi connectivity index (χ2v) is 4.76. The van der Waals surface area contributed by atoms with Gasteiger partial charge in [0.25, 0.3) is 5.95 Å². The highest BCUT2D eigenvalue weighted by molar-refractivity contribution is 5.27. The van der Waals surface area contributed by atoms with E-state index in [1.54, 1.807) is 0 Å². The molecule has 96 valence electrons. The summed E-state index contributed by atoms with van der Waals surface area (Å²) in [5.41, 5.74) is 5.88. The van der Waals surface area contributed by atoms with Crippen molar-refractivity contribution in [3.8, 4) is 0 Å². The molecule has 5 heteroatoms. The summed E-state index contributed by atoms with van der Waals surface area (Å²) in [6, 6.07) is 0.118. The van der Waals surface area contributed by atoms with Gasteiger partial charge in [-0.1, -0.05) is 19.8 Å². The second kappa shape index (κ2) is 6.00. The van der Waals surface area contributed by atoms with Gasteiger partial charge in [-0.2, -0.15) is 4.98 Å². The lowest BCUT2D eigenvalue weighted by Crippen LogP contribution is -2.25. The number of anilines is 1. The summed E-state index contributed by atoms with van der Waals surface area (Å²) < 4.78 is 5.25. The molecule has 1 aromatic rings. The van der Waals surface area contributed by atoms with Crippen LogP contribution in [0.15, 0.2) is 4.52 Å². The maximum Gasteiger partial charge on any atom is 0.266 e. The molecule has 1 saturated heterocycles. The first-order valence-corrected chi connectivity index (χ1v) is 6.62. The molecule has 0 saturated carbocycles. The number of nitrogens with zero attached hydrogens (tertiary/aromatic N) is 3. The van der Waals surface area contributed by atoms with E-state index in [0.717, 1.165) is 25.5 Å². The minimum atomic E-state index is 0.118. The fourth-order valence-corrected chi connectivity index (χ4v) is 2.10. The molecular weight excluding hydrogens is 216 g/mol. The Balaban J connectivity index is 1.96. The molecule has 0 aliphatic carbocycles. The first-order valence-electron chi connectivity index (χ1n) is 6.62. The van der Waals surface area contributed by atoms with Gasteiger partial charge in [-0.15, -0.1) is 0 Å². The molecule has 1 atom stereocenters. The van der Waals surface area contributed by atoms with Crippen LogP contribution >= 0.6 is 0 Å². The van der Waals surface area contributed by atoms with Gasteiger partial charge >= 0.3 is 0 Å². The molecule has 0 aromatic carbocycles.